The van der Waals surface area contributed by atoms with Crippen molar-refractivity contribution < 1.29 is 13.2 Å². The monoisotopic (exact) mass is 399 g/mol. The highest BCUT2D eigenvalue weighted by atomic mass is 32.2. The van der Waals surface area contributed by atoms with E-state index < -0.39 is 15.3 Å². The maximum atomic E-state index is 13.2. The number of hydrogen-bond acceptors (Lipinski definition) is 4. The first kappa shape index (κ1) is 21.1. The molecular weight excluding hydrogens is 362 g/mol. The maximum absolute atomic E-state index is 13.2. The molecule has 2 unspecified atom stereocenters. The molecule has 2 saturated carbocycles. The Labute approximate surface area is 164 Å². The fourth-order valence-corrected chi connectivity index (χ4v) is 7.02. The van der Waals surface area contributed by atoms with Crippen molar-refractivity contribution >= 4 is 15.9 Å². The Hall–Kier alpha value is -0.660. The molecule has 2 N–H and O–H groups in total. The van der Waals surface area contributed by atoms with Gasteiger partial charge in [0.1, 0.15) is 0 Å². The van der Waals surface area contributed by atoms with E-state index in [0.717, 1.165) is 64.5 Å². The van der Waals surface area contributed by atoms with Crippen molar-refractivity contribution in [2.45, 2.75) is 88.5 Å². The number of sulfonamides is 1. The number of hydrogen-bond donors (Lipinski definition) is 2. The summed E-state index contributed by atoms with van der Waals surface area (Å²) in [5, 5.41) is 6.07. The Morgan fingerprint density at radius 2 is 1.67 bits per heavy atom. The van der Waals surface area contributed by atoms with Gasteiger partial charge in [0, 0.05) is 25.0 Å². The molecule has 1 saturated heterocycles. The van der Waals surface area contributed by atoms with E-state index in [0.29, 0.717) is 18.8 Å². The molecule has 3 fully saturated rings. The van der Waals surface area contributed by atoms with Gasteiger partial charge >= 0.3 is 0 Å². The smallest absolute Gasteiger partial charge is 0.223 e. The van der Waals surface area contributed by atoms with Gasteiger partial charge in [-0.25, -0.2) is 12.7 Å². The van der Waals surface area contributed by atoms with Crippen LogP contribution < -0.4 is 10.6 Å². The van der Waals surface area contributed by atoms with E-state index in [1.807, 2.05) is 0 Å². The van der Waals surface area contributed by atoms with E-state index in [1.165, 1.54) is 0 Å². The zero-order valence-electron chi connectivity index (χ0n) is 17.0. The Morgan fingerprint density at radius 3 is 2.33 bits per heavy atom. The van der Waals surface area contributed by atoms with Gasteiger partial charge in [0.25, 0.3) is 0 Å². The largest absolute Gasteiger partial charge is 0.353 e. The van der Waals surface area contributed by atoms with E-state index in [2.05, 4.69) is 17.6 Å². The first-order chi connectivity index (χ1) is 12.9. The van der Waals surface area contributed by atoms with Crippen LogP contribution in [0, 0.1) is 11.8 Å². The molecule has 1 heterocycles. The number of carbonyl (C=O) groups excluding carboxylic acids is 1. The molecule has 6 nitrogen and oxygen atoms in total. The summed E-state index contributed by atoms with van der Waals surface area (Å²) in [5.41, 5.74) is 0. The van der Waals surface area contributed by atoms with Crippen LogP contribution in [0.4, 0.5) is 0 Å². The minimum atomic E-state index is -3.34. The van der Waals surface area contributed by atoms with Gasteiger partial charge < -0.3 is 10.6 Å². The summed E-state index contributed by atoms with van der Waals surface area (Å²) in [5.74, 6) is 0.610. The van der Waals surface area contributed by atoms with Crippen molar-refractivity contribution in [3.63, 3.8) is 0 Å². The summed E-state index contributed by atoms with van der Waals surface area (Å²) in [7, 11) is -1.58. The summed E-state index contributed by atoms with van der Waals surface area (Å²) in [4.78, 5) is 12.7. The first-order valence-electron chi connectivity index (χ1n) is 10.9. The van der Waals surface area contributed by atoms with Crippen LogP contribution in [0.15, 0.2) is 0 Å². The highest BCUT2D eigenvalue weighted by molar-refractivity contribution is 7.89. The van der Waals surface area contributed by atoms with Crippen LogP contribution in [-0.2, 0) is 14.8 Å². The molecule has 0 aromatic carbocycles. The van der Waals surface area contributed by atoms with Crippen LogP contribution in [0.1, 0.15) is 71.1 Å². The lowest BCUT2D eigenvalue weighted by atomic mass is 9.87. The molecule has 2 atom stereocenters. The molecule has 3 aliphatic rings. The fourth-order valence-electron chi connectivity index (χ4n) is 4.99. The normalized spacial score (nSPS) is 33.7. The second kappa shape index (κ2) is 9.23. The lowest BCUT2D eigenvalue weighted by molar-refractivity contribution is -0.126. The summed E-state index contributed by atoms with van der Waals surface area (Å²) in [6.07, 6.45) is 8.86. The van der Waals surface area contributed by atoms with Gasteiger partial charge in [-0.2, -0.15) is 0 Å². The number of nitrogens with zero attached hydrogens (tertiary/aromatic N) is 1. The molecule has 2 aliphatic carbocycles. The van der Waals surface area contributed by atoms with Gasteiger partial charge in [-0.3, -0.25) is 4.79 Å². The number of nitrogens with one attached hydrogen (secondary N) is 2. The molecule has 27 heavy (non-hydrogen) atoms. The lowest BCUT2D eigenvalue weighted by Crippen LogP contribution is -2.48. The highest BCUT2D eigenvalue weighted by Gasteiger charge is 2.39. The molecule has 3 rings (SSSR count). The highest BCUT2D eigenvalue weighted by Crippen LogP contribution is 2.34. The van der Waals surface area contributed by atoms with Crippen molar-refractivity contribution in [3.8, 4) is 0 Å². The van der Waals surface area contributed by atoms with Gasteiger partial charge in [-0.05, 0) is 76.8 Å². The third-order valence-corrected chi connectivity index (χ3v) is 9.38. The molecule has 1 amide bonds. The van der Waals surface area contributed by atoms with E-state index in [9.17, 15) is 13.2 Å². The summed E-state index contributed by atoms with van der Waals surface area (Å²) < 4.78 is 28.1. The molecule has 0 spiro atoms. The zero-order valence-corrected chi connectivity index (χ0v) is 17.8. The summed E-state index contributed by atoms with van der Waals surface area (Å²) in [6, 6.07) is 0.373. The van der Waals surface area contributed by atoms with Crippen LogP contribution in [0.3, 0.4) is 0 Å². The van der Waals surface area contributed by atoms with E-state index in [4.69, 9.17) is 0 Å². The van der Waals surface area contributed by atoms with Crippen molar-refractivity contribution in [3.05, 3.63) is 0 Å². The van der Waals surface area contributed by atoms with E-state index in [1.54, 1.807) is 11.4 Å². The predicted molar refractivity (Wildman–Crippen MR) is 108 cm³/mol. The van der Waals surface area contributed by atoms with E-state index >= 15 is 0 Å². The molecule has 0 radical (unpaired) electrons. The van der Waals surface area contributed by atoms with Gasteiger partial charge in [0.15, 0.2) is 0 Å². The fraction of sp³-hybridized carbons (Fsp3) is 0.950. The summed E-state index contributed by atoms with van der Waals surface area (Å²) in [6.45, 7) is 4.13. The summed E-state index contributed by atoms with van der Waals surface area (Å²) >= 11 is 0. The van der Waals surface area contributed by atoms with Crippen molar-refractivity contribution in [1.82, 2.24) is 14.9 Å². The van der Waals surface area contributed by atoms with Crippen molar-refractivity contribution in [1.29, 1.82) is 0 Å². The minimum Gasteiger partial charge on any atom is -0.353 e. The average molecular weight is 400 g/mol. The van der Waals surface area contributed by atoms with Gasteiger partial charge in [-0.1, -0.05) is 13.3 Å². The number of amides is 1. The van der Waals surface area contributed by atoms with E-state index in [-0.39, 0.29) is 23.9 Å². The molecule has 0 bridgehead atoms. The average Bonchev–Trinajstić information content (AvgIpc) is 2.69. The van der Waals surface area contributed by atoms with Gasteiger partial charge in [-0.15, -0.1) is 0 Å². The number of piperidine rings is 1. The Kier molecular flexibility index (Phi) is 7.20. The first-order valence-corrected chi connectivity index (χ1v) is 12.4. The minimum absolute atomic E-state index is 0.0657. The van der Waals surface area contributed by atoms with Crippen LogP contribution >= 0.6 is 0 Å². The third kappa shape index (κ3) is 5.24. The predicted octanol–water partition coefficient (Wildman–Crippen LogP) is 2.25. The Morgan fingerprint density at radius 1 is 1.00 bits per heavy atom. The van der Waals surface area contributed by atoms with Crippen molar-refractivity contribution in [2.75, 3.05) is 20.1 Å². The van der Waals surface area contributed by atoms with Crippen LogP contribution in [0.25, 0.3) is 0 Å². The molecule has 0 aromatic heterocycles. The third-order valence-electron chi connectivity index (χ3n) is 7.00. The standard InChI is InChI=1S/C20H37N3O3S/c1-15-6-8-18(9-7-15)23(2)27(25,26)19-5-3-4-16(14-19)20(24)22-17-10-12-21-13-11-17/h15-19,21H,3-14H2,1-2H3,(H,22,24). The van der Waals surface area contributed by atoms with Crippen LogP contribution in [-0.4, -0.2) is 56.1 Å². The second-order valence-electron chi connectivity index (χ2n) is 8.99. The number of rotatable bonds is 5. The molecule has 7 heteroatoms. The quantitative estimate of drug-likeness (QED) is 0.743. The lowest BCUT2D eigenvalue weighted by Gasteiger charge is -2.37. The molecule has 1 aliphatic heterocycles. The van der Waals surface area contributed by atoms with Gasteiger partial charge in [0.05, 0.1) is 5.25 Å². The van der Waals surface area contributed by atoms with Crippen molar-refractivity contribution in [2.24, 2.45) is 11.8 Å². The topological polar surface area (TPSA) is 78.5 Å². The van der Waals surface area contributed by atoms with Crippen LogP contribution in [0.5, 0.6) is 0 Å². The Balaban J connectivity index is 1.57. The SMILES string of the molecule is CC1CCC(N(C)S(=O)(=O)C2CCCC(C(=O)NC3CCNCC3)C2)CC1. The molecule has 0 aromatic rings. The van der Waals surface area contributed by atoms with Gasteiger partial charge in [0.2, 0.25) is 15.9 Å². The molecule has 156 valence electrons. The second-order valence-corrected chi connectivity index (χ2v) is 11.3. The zero-order chi connectivity index (χ0) is 19.4. The molecular formula is C20H37N3O3S. The maximum Gasteiger partial charge on any atom is 0.223 e. The van der Waals surface area contributed by atoms with Crippen LogP contribution in [0.2, 0.25) is 0 Å². The Bertz CT molecular complexity index is 596. The number of carbonyl (C=O) groups is 1.